The van der Waals surface area contributed by atoms with Gasteiger partial charge in [0.05, 0.1) is 10.0 Å². The number of aromatic nitrogens is 1. The second-order valence-corrected chi connectivity index (χ2v) is 7.07. The van der Waals surface area contributed by atoms with Crippen molar-refractivity contribution in [1.29, 1.82) is 0 Å². The molecule has 0 spiro atoms. The molecule has 0 saturated carbocycles. The first-order valence-corrected chi connectivity index (χ1v) is 8.41. The average Bonchev–Trinajstić information content (AvgIpc) is 2.74. The highest BCUT2D eigenvalue weighted by atomic mass is 35.5. The summed E-state index contributed by atoms with van der Waals surface area (Å²) in [5.41, 5.74) is 1.24. The highest BCUT2D eigenvalue weighted by Gasteiger charge is 2.23. The maximum Gasteiger partial charge on any atom is 0.245 e. The van der Waals surface area contributed by atoms with Crippen LogP contribution in [0.3, 0.4) is 0 Å². The summed E-state index contributed by atoms with van der Waals surface area (Å²) in [6.07, 6.45) is 0.499. The summed E-state index contributed by atoms with van der Waals surface area (Å²) < 4.78 is 31.8. The molecule has 8 heteroatoms. The summed E-state index contributed by atoms with van der Waals surface area (Å²) in [4.78, 5) is 0.0941. The molecule has 0 saturated heterocycles. The van der Waals surface area contributed by atoms with Crippen LogP contribution in [0.5, 0.6) is 0 Å². The van der Waals surface area contributed by atoms with Crippen LogP contribution in [0, 0.1) is 13.8 Å². The zero-order valence-electron chi connectivity index (χ0n) is 11.5. The highest BCUT2D eigenvalue weighted by Crippen LogP contribution is 2.23. The fraction of sp³-hybridized carbons (Fsp3) is 0.308. The van der Waals surface area contributed by atoms with Gasteiger partial charge in [0, 0.05) is 6.54 Å². The Morgan fingerprint density at radius 2 is 1.95 bits per heavy atom. The Balaban J connectivity index is 2.04. The van der Waals surface area contributed by atoms with Crippen LogP contribution in [-0.4, -0.2) is 20.1 Å². The molecule has 0 aliphatic heterocycles. The maximum absolute atomic E-state index is 12.2. The van der Waals surface area contributed by atoms with E-state index in [9.17, 15) is 8.42 Å². The number of hydrogen-bond acceptors (Lipinski definition) is 4. The van der Waals surface area contributed by atoms with Gasteiger partial charge in [0.15, 0.2) is 5.76 Å². The van der Waals surface area contributed by atoms with Gasteiger partial charge in [-0.05, 0) is 38.0 Å². The van der Waals surface area contributed by atoms with Gasteiger partial charge in [-0.3, -0.25) is 0 Å². The summed E-state index contributed by atoms with van der Waals surface area (Å²) in [6.45, 7) is 3.39. The summed E-state index contributed by atoms with van der Waals surface area (Å²) in [6, 6.07) is 5.20. The number of halogens is 2. The van der Waals surface area contributed by atoms with Crippen molar-refractivity contribution in [3.8, 4) is 0 Å². The van der Waals surface area contributed by atoms with Gasteiger partial charge in [-0.25, -0.2) is 13.1 Å². The van der Waals surface area contributed by atoms with E-state index in [0.29, 0.717) is 22.2 Å². The minimum atomic E-state index is -3.63. The minimum absolute atomic E-state index is 0.0941. The Morgan fingerprint density at radius 1 is 1.24 bits per heavy atom. The monoisotopic (exact) mass is 348 g/mol. The van der Waals surface area contributed by atoms with E-state index < -0.39 is 10.0 Å². The van der Waals surface area contributed by atoms with E-state index in [4.69, 9.17) is 27.7 Å². The molecular formula is C13H14Cl2N2O3S. The molecule has 1 aromatic carbocycles. The van der Waals surface area contributed by atoms with Gasteiger partial charge in [-0.15, -0.1) is 0 Å². The van der Waals surface area contributed by atoms with E-state index in [1.54, 1.807) is 32.0 Å². The molecule has 5 nitrogen and oxygen atoms in total. The molecule has 2 rings (SSSR count). The lowest BCUT2D eigenvalue weighted by molar-refractivity contribution is 0.390. The second-order valence-electron chi connectivity index (χ2n) is 4.55. The zero-order chi connectivity index (χ0) is 15.6. The van der Waals surface area contributed by atoms with Gasteiger partial charge in [0.2, 0.25) is 10.0 Å². The number of hydrogen-bond donors (Lipinski definition) is 1. The molecule has 0 aliphatic carbocycles. The topological polar surface area (TPSA) is 72.2 Å². The fourth-order valence-electron chi connectivity index (χ4n) is 1.96. The van der Waals surface area contributed by atoms with E-state index in [1.807, 2.05) is 0 Å². The van der Waals surface area contributed by atoms with E-state index in [0.717, 1.165) is 5.56 Å². The molecule has 0 radical (unpaired) electrons. The molecule has 0 aliphatic rings. The first-order chi connectivity index (χ1) is 9.81. The molecule has 1 aromatic heterocycles. The molecular weight excluding hydrogens is 335 g/mol. The van der Waals surface area contributed by atoms with Gasteiger partial charge >= 0.3 is 0 Å². The molecule has 0 unspecified atom stereocenters. The van der Waals surface area contributed by atoms with E-state index >= 15 is 0 Å². The number of aryl methyl sites for hydroxylation is 2. The van der Waals surface area contributed by atoms with Crippen LogP contribution in [0.25, 0.3) is 0 Å². The summed E-state index contributed by atoms with van der Waals surface area (Å²) >= 11 is 11.7. The normalized spacial score (nSPS) is 11.8. The summed E-state index contributed by atoms with van der Waals surface area (Å²) in [7, 11) is -3.63. The molecule has 2 aromatic rings. The number of sulfonamides is 1. The third-order valence-electron chi connectivity index (χ3n) is 2.93. The van der Waals surface area contributed by atoms with Gasteiger partial charge in [-0.1, -0.05) is 34.4 Å². The molecule has 1 heterocycles. The second kappa shape index (κ2) is 6.36. The van der Waals surface area contributed by atoms with Crippen LogP contribution < -0.4 is 4.72 Å². The van der Waals surface area contributed by atoms with Crippen LogP contribution in [0.15, 0.2) is 27.6 Å². The quantitative estimate of drug-likeness (QED) is 0.900. The molecule has 0 atom stereocenters. The predicted molar refractivity (Wildman–Crippen MR) is 81.3 cm³/mol. The third kappa shape index (κ3) is 3.77. The Kier molecular flexibility index (Phi) is 4.93. The van der Waals surface area contributed by atoms with Crippen molar-refractivity contribution in [1.82, 2.24) is 9.88 Å². The molecule has 21 heavy (non-hydrogen) atoms. The van der Waals surface area contributed by atoms with Gasteiger partial charge in [0.25, 0.3) is 0 Å². The van der Waals surface area contributed by atoms with Crippen LogP contribution in [0.2, 0.25) is 10.0 Å². The lowest BCUT2D eigenvalue weighted by atomic mass is 10.1. The van der Waals surface area contributed by atoms with Crippen molar-refractivity contribution in [2.75, 3.05) is 6.54 Å². The van der Waals surface area contributed by atoms with Crippen LogP contribution in [0.1, 0.15) is 17.0 Å². The van der Waals surface area contributed by atoms with E-state index in [-0.39, 0.29) is 17.2 Å². The lowest BCUT2D eigenvalue weighted by Gasteiger charge is -2.07. The van der Waals surface area contributed by atoms with Gasteiger partial charge in [0.1, 0.15) is 10.6 Å². The number of nitrogens with zero attached hydrogens (tertiary/aromatic N) is 1. The van der Waals surface area contributed by atoms with E-state index in [1.165, 1.54) is 0 Å². The Morgan fingerprint density at radius 3 is 2.52 bits per heavy atom. The minimum Gasteiger partial charge on any atom is -0.360 e. The van der Waals surface area contributed by atoms with Gasteiger partial charge in [-0.2, -0.15) is 0 Å². The van der Waals surface area contributed by atoms with Crippen molar-refractivity contribution in [3.63, 3.8) is 0 Å². The zero-order valence-corrected chi connectivity index (χ0v) is 13.8. The standard InChI is InChI=1S/C13H14Cl2N2O3S/c1-8-13(9(2)20-17-8)21(18,19)16-6-5-10-3-4-11(14)12(15)7-10/h3-4,7,16H,5-6H2,1-2H3. The molecule has 0 bridgehead atoms. The Bertz CT molecular complexity index is 737. The van der Waals surface area contributed by atoms with Crippen molar-refractivity contribution < 1.29 is 12.9 Å². The number of benzene rings is 1. The molecule has 0 fully saturated rings. The lowest BCUT2D eigenvalue weighted by Crippen LogP contribution is -2.26. The summed E-state index contributed by atoms with van der Waals surface area (Å²) in [5, 5.41) is 4.56. The average molecular weight is 349 g/mol. The number of nitrogens with one attached hydrogen (secondary N) is 1. The number of rotatable bonds is 5. The SMILES string of the molecule is Cc1noc(C)c1S(=O)(=O)NCCc1ccc(Cl)c(Cl)c1. The van der Waals surface area contributed by atoms with Crippen molar-refractivity contribution in [3.05, 3.63) is 45.3 Å². The van der Waals surface area contributed by atoms with Crippen molar-refractivity contribution in [2.45, 2.75) is 25.2 Å². The third-order valence-corrected chi connectivity index (χ3v) is 5.37. The van der Waals surface area contributed by atoms with E-state index in [2.05, 4.69) is 9.88 Å². The molecule has 1 N–H and O–H groups in total. The van der Waals surface area contributed by atoms with Crippen molar-refractivity contribution >= 4 is 33.2 Å². The summed E-state index contributed by atoms with van der Waals surface area (Å²) in [5.74, 6) is 0.273. The fourth-order valence-corrected chi connectivity index (χ4v) is 3.63. The largest absolute Gasteiger partial charge is 0.360 e. The first-order valence-electron chi connectivity index (χ1n) is 6.17. The highest BCUT2D eigenvalue weighted by molar-refractivity contribution is 7.89. The van der Waals surface area contributed by atoms with Crippen LogP contribution in [0.4, 0.5) is 0 Å². The van der Waals surface area contributed by atoms with Crippen molar-refractivity contribution in [2.24, 2.45) is 0 Å². The predicted octanol–water partition coefficient (Wildman–Crippen LogP) is 3.12. The van der Waals surface area contributed by atoms with Crippen LogP contribution >= 0.6 is 23.2 Å². The smallest absolute Gasteiger partial charge is 0.245 e. The van der Waals surface area contributed by atoms with Gasteiger partial charge < -0.3 is 4.52 Å². The maximum atomic E-state index is 12.2. The molecule has 0 amide bonds. The molecule has 114 valence electrons. The Labute approximate surface area is 133 Å². The first kappa shape index (κ1) is 16.3. The van der Waals surface area contributed by atoms with Crippen LogP contribution in [-0.2, 0) is 16.4 Å². The Hall–Kier alpha value is -1.08.